The summed E-state index contributed by atoms with van der Waals surface area (Å²) in [5.74, 6) is -2.00. The molecule has 0 aromatic rings. The third-order valence-corrected chi connectivity index (χ3v) is 9.71. The molecule has 2 bridgehead atoms. The summed E-state index contributed by atoms with van der Waals surface area (Å²) in [6.45, 7) is 18.9. The van der Waals surface area contributed by atoms with Crippen LogP contribution < -0.4 is 0 Å². The molecule has 41 heavy (non-hydrogen) atoms. The van der Waals surface area contributed by atoms with Crippen molar-refractivity contribution in [2.24, 2.45) is 17.8 Å². The number of aliphatic hydroxyl groups is 1. The van der Waals surface area contributed by atoms with Gasteiger partial charge in [0, 0.05) is 45.8 Å². The second-order valence-corrected chi connectivity index (χ2v) is 12.0. The van der Waals surface area contributed by atoms with Crippen LogP contribution in [0.5, 0.6) is 0 Å². The van der Waals surface area contributed by atoms with Gasteiger partial charge in [0.05, 0.1) is 43.8 Å². The van der Waals surface area contributed by atoms with Crippen LogP contribution in [0.4, 0.5) is 0 Å². The van der Waals surface area contributed by atoms with Gasteiger partial charge in [-0.25, -0.2) is 0 Å². The van der Waals surface area contributed by atoms with Crippen LogP contribution in [-0.4, -0.2) is 132 Å². The summed E-state index contributed by atoms with van der Waals surface area (Å²) in [6.07, 6.45) is 5.68. The van der Waals surface area contributed by atoms with Gasteiger partial charge < -0.3 is 29.3 Å². The first-order valence-electron chi connectivity index (χ1n) is 15.5. The Morgan fingerprint density at radius 2 is 1.78 bits per heavy atom. The largest absolute Gasteiger partial charge is 0.394 e. The fourth-order valence-corrected chi connectivity index (χ4v) is 7.46. The summed E-state index contributed by atoms with van der Waals surface area (Å²) in [6, 6.07) is -1.46. The molecule has 4 saturated heterocycles. The monoisotopic (exact) mass is 574 g/mol. The molecule has 4 aliphatic heterocycles. The van der Waals surface area contributed by atoms with Crippen LogP contribution in [0.1, 0.15) is 46.5 Å². The van der Waals surface area contributed by atoms with Gasteiger partial charge in [0.25, 0.3) is 0 Å². The molecular formula is C31H50N4O6. The molecule has 3 amide bonds. The molecule has 4 aliphatic rings. The highest BCUT2D eigenvalue weighted by atomic mass is 16.5. The molecule has 10 nitrogen and oxygen atoms in total. The van der Waals surface area contributed by atoms with E-state index in [1.165, 1.54) is 0 Å². The summed E-state index contributed by atoms with van der Waals surface area (Å²) in [5, 5.41) is 10.6. The Balaban J connectivity index is 1.71. The number of hydrogen-bond acceptors (Lipinski definition) is 7. The maximum absolute atomic E-state index is 14.6. The van der Waals surface area contributed by atoms with Crippen molar-refractivity contribution < 1.29 is 29.0 Å². The molecule has 230 valence electrons. The van der Waals surface area contributed by atoms with Gasteiger partial charge in [-0.05, 0) is 25.2 Å². The van der Waals surface area contributed by atoms with Crippen molar-refractivity contribution in [1.82, 2.24) is 19.6 Å². The average molecular weight is 575 g/mol. The molecule has 4 fully saturated rings. The van der Waals surface area contributed by atoms with Gasteiger partial charge in [-0.1, -0.05) is 39.3 Å². The Morgan fingerprint density at radius 3 is 2.37 bits per heavy atom. The van der Waals surface area contributed by atoms with Crippen LogP contribution in [0.25, 0.3) is 0 Å². The molecular weight excluding hydrogens is 524 g/mol. The fourth-order valence-electron chi connectivity index (χ4n) is 7.46. The molecule has 4 rings (SSSR count). The molecule has 0 aromatic heterocycles. The lowest BCUT2D eigenvalue weighted by atomic mass is 9.70. The van der Waals surface area contributed by atoms with E-state index >= 15 is 0 Å². The second kappa shape index (κ2) is 13.8. The molecule has 0 aromatic carbocycles. The zero-order valence-corrected chi connectivity index (χ0v) is 25.2. The number of carbonyl (C=O) groups is 3. The Kier molecular flexibility index (Phi) is 10.7. The highest BCUT2D eigenvalue weighted by molar-refractivity contribution is 5.99. The third-order valence-electron chi connectivity index (χ3n) is 9.71. The van der Waals surface area contributed by atoms with Crippen molar-refractivity contribution in [1.29, 1.82) is 0 Å². The number of rotatable bonds is 15. The lowest BCUT2D eigenvalue weighted by Crippen LogP contribution is -2.60. The lowest BCUT2D eigenvalue weighted by molar-refractivity contribution is -0.153. The van der Waals surface area contributed by atoms with Crippen molar-refractivity contribution in [3.8, 4) is 0 Å². The number of ether oxygens (including phenoxy) is 2. The van der Waals surface area contributed by atoms with Crippen molar-refractivity contribution in [2.45, 2.75) is 70.2 Å². The normalized spacial score (nSPS) is 30.6. The van der Waals surface area contributed by atoms with Gasteiger partial charge in [0.1, 0.15) is 11.6 Å². The Labute approximate surface area is 245 Å². The second-order valence-electron chi connectivity index (χ2n) is 12.0. The van der Waals surface area contributed by atoms with Gasteiger partial charge in [-0.15, -0.1) is 13.2 Å². The number of morpholine rings is 1. The van der Waals surface area contributed by atoms with Crippen LogP contribution in [0.3, 0.4) is 0 Å². The minimum atomic E-state index is -1.09. The zero-order valence-electron chi connectivity index (χ0n) is 25.2. The molecule has 1 spiro atoms. The van der Waals surface area contributed by atoms with E-state index in [0.29, 0.717) is 58.8 Å². The van der Waals surface area contributed by atoms with Crippen LogP contribution >= 0.6 is 0 Å². The molecule has 7 atom stereocenters. The predicted molar refractivity (Wildman–Crippen MR) is 156 cm³/mol. The molecule has 2 unspecified atom stereocenters. The Bertz CT molecular complexity index is 970. The number of carbonyl (C=O) groups excluding carboxylic acids is 3. The average Bonchev–Trinajstić information content (AvgIpc) is 3.63. The third kappa shape index (κ3) is 5.85. The topological polar surface area (TPSA) is 103 Å². The van der Waals surface area contributed by atoms with Gasteiger partial charge in [0.15, 0.2) is 0 Å². The van der Waals surface area contributed by atoms with E-state index < -0.39 is 35.6 Å². The van der Waals surface area contributed by atoms with Gasteiger partial charge in [-0.2, -0.15) is 0 Å². The first-order valence-corrected chi connectivity index (χ1v) is 15.5. The van der Waals surface area contributed by atoms with Crippen molar-refractivity contribution >= 4 is 17.7 Å². The number of amides is 3. The van der Waals surface area contributed by atoms with Gasteiger partial charge in [-0.3, -0.25) is 19.3 Å². The SMILES string of the molecule is C=CCN(CCN1CCOCC1)C(=O)C1N([C@@H](CO)[C@@H](C)CC)C(=O)[C@@H]2[C@H](C(=O)N(CC=C)CCC)[C@@H]3CCC12O3. The van der Waals surface area contributed by atoms with Crippen LogP contribution in [0.2, 0.25) is 0 Å². The maximum atomic E-state index is 14.6. The van der Waals surface area contributed by atoms with Crippen LogP contribution in [0, 0.1) is 17.8 Å². The van der Waals surface area contributed by atoms with Gasteiger partial charge in [0.2, 0.25) is 17.7 Å². The number of nitrogens with zero attached hydrogens (tertiary/aromatic N) is 4. The van der Waals surface area contributed by atoms with E-state index in [9.17, 15) is 19.5 Å². The summed E-state index contributed by atoms with van der Waals surface area (Å²) in [4.78, 5) is 50.5. The summed E-state index contributed by atoms with van der Waals surface area (Å²) in [7, 11) is 0. The molecule has 1 N–H and O–H groups in total. The van der Waals surface area contributed by atoms with E-state index in [1.54, 1.807) is 26.9 Å². The van der Waals surface area contributed by atoms with Crippen LogP contribution in [-0.2, 0) is 23.9 Å². The van der Waals surface area contributed by atoms with Crippen molar-refractivity contribution in [3.63, 3.8) is 0 Å². The predicted octanol–water partition coefficient (Wildman–Crippen LogP) is 1.54. The van der Waals surface area contributed by atoms with Gasteiger partial charge >= 0.3 is 0 Å². The fraction of sp³-hybridized carbons (Fsp3) is 0.774. The maximum Gasteiger partial charge on any atom is 0.248 e. The standard InChI is InChI=1S/C31H50N4O6/c1-6-12-33(13-7-2)28(37)25-24-10-11-31(41-24)26(25)29(38)35(23(21-36)22(5)9-4)27(31)30(39)34(14-8-3)16-15-32-17-19-40-20-18-32/h6,8,22-27,36H,1,3,7,9-21H2,2,4-5H3/t22-,23-,24-,25+,26-,27?,31?/m0/s1. The van der Waals surface area contributed by atoms with E-state index in [-0.39, 0.29) is 30.2 Å². The minimum absolute atomic E-state index is 0.0422. The Morgan fingerprint density at radius 1 is 1.12 bits per heavy atom. The summed E-state index contributed by atoms with van der Waals surface area (Å²) >= 11 is 0. The zero-order chi connectivity index (χ0) is 29.7. The van der Waals surface area contributed by atoms with Crippen molar-refractivity contribution in [3.05, 3.63) is 25.3 Å². The van der Waals surface area contributed by atoms with E-state index in [4.69, 9.17) is 9.47 Å². The van der Waals surface area contributed by atoms with E-state index in [2.05, 4.69) is 18.1 Å². The molecule has 4 heterocycles. The molecule has 0 radical (unpaired) electrons. The number of aliphatic hydroxyl groups excluding tert-OH is 1. The van der Waals surface area contributed by atoms with E-state index in [0.717, 1.165) is 25.9 Å². The smallest absolute Gasteiger partial charge is 0.248 e. The molecule has 0 aliphatic carbocycles. The quantitative estimate of drug-likeness (QED) is 0.296. The first kappa shape index (κ1) is 31.7. The summed E-state index contributed by atoms with van der Waals surface area (Å²) < 4.78 is 12.1. The highest BCUT2D eigenvalue weighted by Gasteiger charge is 2.75. The van der Waals surface area contributed by atoms with Crippen LogP contribution in [0.15, 0.2) is 25.3 Å². The first-order chi connectivity index (χ1) is 19.8. The minimum Gasteiger partial charge on any atom is -0.394 e. The number of likely N-dealkylation sites (tertiary alicyclic amines) is 1. The number of fused-ring (bicyclic) bond motifs is 1. The molecule has 0 saturated carbocycles. The van der Waals surface area contributed by atoms with E-state index in [1.807, 2.05) is 20.8 Å². The highest BCUT2D eigenvalue weighted by Crippen LogP contribution is 2.59. The summed E-state index contributed by atoms with van der Waals surface area (Å²) in [5.41, 5.74) is -1.09. The van der Waals surface area contributed by atoms with Crippen molar-refractivity contribution in [2.75, 3.05) is 65.6 Å². The number of hydrogen-bond donors (Lipinski definition) is 1. The molecule has 10 heteroatoms. The Hall–Kier alpha value is -2.27. The lowest BCUT2D eigenvalue weighted by Gasteiger charge is -2.41.